The molecule has 1 atom stereocenters. The molecule has 0 amide bonds. The molecule has 0 saturated heterocycles. The van der Waals surface area contributed by atoms with E-state index in [1.54, 1.807) is 13.8 Å². The molecular weight excluding hydrogens is 302 g/mol. The Balaban J connectivity index is 1.85. The number of esters is 1. The van der Waals surface area contributed by atoms with Gasteiger partial charge < -0.3 is 15.6 Å². The molecule has 0 spiro atoms. The molecule has 4 nitrogen and oxygen atoms in total. The summed E-state index contributed by atoms with van der Waals surface area (Å²) in [4.78, 5) is 12.4. The Labute approximate surface area is 142 Å². The van der Waals surface area contributed by atoms with Crippen LogP contribution in [0.5, 0.6) is 0 Å². The van der Waals surface area contributed by atoms with Crippen molar-refractivity contribution in [3.63, 3.8) is 0 Å². The number of fused-ring (bicyclic) bond motifs is 3. The van der Waals surface area contributed by atoms with Crippen molar-refractivity contribution < 1.29 is 14.6 Å². The van der Waals surface area contributed by atoms with Crippen LogP contribution >= 0.6 is 0 Å². The lowest BCUT2D eigenvalue weighted by Crippen LogP contribution is -2.56. The van der Waals surface area contributed by atoms with Crippen LogP contribution in [0.4, 0.5) is 0 Å². The monoisotopic (exact) mass is 325 g/mol. The van der Waals surface area contributed by atoms with Crippen molar-refractivity contribution in [1.82, 2.24) is 0 Å². The van der Waals surface area contributed by atoms with Crippen LogP contribution in [0.25, 0.3) is 11.1 Å². The molecule has 1 unspecified atom stereocenters. The lowest BCUT2D eigenvalue weighted by Gasteiger charge is -2.29. The Bertz CT molecular complexity index is 711. The predicted molar refractivity (Wildman–Crippen MR) is 93.5 cm³/mol. The van der Waals surface area contributed by atoms with Gasteiger partial charge in [0.15, 0.2) is 0 Å². The molecule has 0 heterocycles. The molecule has 1 aliphatic carbocycles. The molecule has 2 aromatic carbocycles. The van der Waals surface area contributed by atoms with Gasteiger partial charge in [0.1, 0.15) is 12.1 Å². The zero-order valence-corrected chi connectivity index (χ0v) is 14.0. The van der Waals surface area contributed by atoms with Crippen molar-refractivity contribution in [2.45, 2.75) is 25.3 Å². The van der Waals surface area contributed by atoms with Gasteiger partial charge in [0.05, 0.1) is 6.61 Å². The second kappa shape index (κ2) is 6.38. The van der Waals surface area contributed by atoms with Crippen molar-refractivity contribution in [2.24, 2.45) is 11.7 Å². The van der Waals surface area contributed by atoms with E-state index in [9.17, 15) is 9.90 Å². The summed E-state index contributed by atoms with van der Waals surface area (Å²) in [6.45, 7) is 3.40. The SMILES string of the molecule is CC(C)C(N)(CO)C(=O)OCC1c2ccccc2-c2ccccc21. The minimum absolute atomic E-state index is 0.00328. The number of carbonyl (C=O) groups is 1. The van der Waals surface area contributed by atoms with Crippen molar-refractivity contribution in [1.29, 1.82) is 0 Å². The minimum Gasteiger partial charge on any atom is -0.463 e. The van der Waals surface area contributed by atoms with E-state index < -0.39 is 18.1 Å². The molecule has 0 saturated carbocycles. The van der Waals surface area contributed by atoms with Gasteiger partial charge in [0.2, 0.25) is 0 Å². The first-order valence-electron chi connectivity index (χ1n) is 8.24. The highest BCUT2D eigenvalue weighted by Crippen LogP contribution is 2.44. The summed E-state index contributed by atoms with van der Waals surface area (Å²) >= 11 is 0. The molecule has 2 aromatic rings. The van der Waals surface area contributed by atoms with Gasteiger partial charge in [-0.25, -0.2) is 4.79 Å². The fourth-order valence-corrected chi connectivity index (χ4v) is 3.22. The fraction of sp³-hybridized carbons (Fsp3) is 0.350. The summed E-state index contributed by atoms with van der Waals surface area (Å²) in [7, 11) is 0. The molecule has 0 fully saturated rings. The molecule has 3 rings (SSSR count). The molecule has 3 N–H and O–H groups in total. The Morgan fingerprint density at radius 2 is 1.62 bits per heavy atom. The lowest BCUT2D eigenvalue weighted by molar-refractivity contribution is -0.154. The summed E-state index contributed by atoms with van der Waals surface area (Å²) in [6, 6.07) is 16.3. The van der Waals surface area contributed by atoms with Crippen molar-refractivity contribution in [3.8, 4) is 11.1 Å². The number of ether oxygens (including phenoxy) is 1. The molecule has 126 valence electrons. The number of aliphatic hydroxyl groups is 1. The van der Waals surface area contributed by atoms with Crippen LogP contribution < -0.4 is 5.73 Å². The van der Waals surface area contributed by atoms with Crippen molar-refractivity contribution in [3.05, 3.63) is 59.7 Å². The van der Waals surface area contributed by atoms with Gasteiger partial charge in [-0.15, -0.1) is 0 Å². The van der Waals surface area contributed by atoms with Gasteiger partial charge in [-0.1, -0.05) is 62.4 Å². The molecule has 1 aliphatic rings. The summed E-state index contributed by atoms with van der Waals surface area (Å²) in [5.74, 6) is -0.767. The minimum atomic E-state index is -1.36. The Morgan fingerprint density at radius 1 is 1.12 bits per heavy atom. The Hall–Kier alpha value is -2.17. The number of carbonyl (C=O) groups excluding carboxylic acids is 1. The summed E-state index contributed by atoms with van der Waals surface area (Å²) in [6.07, 6.45) is 0. The zero-order valence-electron chi connectivity index (χ0n) is 14.0. The highest BCUT2D eigenvalue weighted by molar-refractivity contribution is 5.82. The van der Waals surface area contributed by atoms with Crippen LogP contribution in [0.2, 0.25) is 0 Å². The number of benzene rings is 2. The van der Waals surface area contributed by atoms with E-state index in [0.717, 1.165) is 11.1 Å². The summed E-state index contributed by atoms with van der Waals surface area (Å²) in [5.41, 5.74) is 9.34. The van der Waals surface area contributed by atoms with Crippen molar-refractivity contribution >= 4 is 5.97 Å². The molecular formula is C20H23NO3. The first-order valence-corrected chi connectivity index (χ1v) is 8.24. The number of nitrogens with two attached hydrogens (primary N) is 1. The van der Waals surface area contributed by atoms with E-state index in [-0.39, 0.29) is 18.4 Å². The smallest absolute Gasteiger partial charge is 0.328 e. The van der Waals surface area contributed by atoms with Gasteiger partial charge in [-0.2, -0.15) is 0 Å². The van der Waals surface area contributed by atoms with Crippen LogP contribution in [-0.2, 0) is 9.53 Å². The van der Waals surface area contributed by atoms with E-state index in [4.69, 9.17) is 10.5 Å². The second-order valence-corrected chi connectivity index (χ2v) is 6.68. The number of aliphatic hydroxyl groups excluding tert-OH is 1. The molecule has 0 aliphatic heterocycles. The largest absolute Gasteiger partial charge is 0.463 e. The Morgan fingerprint density at radius 3 is 2.08 bits per heavy atom. The normalized spacial score (nSPS) is 15.7. The number of hydrogen-bond donors (Lipinski definition) is 2. The quantitative estimate of drug-likeness (QED) is 0.829. The summed E-state index contributed by atoms with van der Waals surface area (Å²) in [5, 5.41) is 9.51. The van der Waals surface area contributed by atoms with Gasteiger partial charge in [-0.05, 0) is 28.2 Å². The maximum atomic E-state index is 12.4. The van der Waals surface area contributed by atoms with E-state index in [1.165, 1.54) is 11.1 Å². The first kappa shape index (κ1) is 16.7. The van der Waals surface area contributed by atoms with Gasteiger partial charge in [0, 0.05) is 5.92 Å². The highest BCUT2D eigenvalue weighted by atomic mass is 16.5. The van der Waals surface area contributed by atoms with Gasteiger partial charge in [-0.3, -0.25) is 0 Å². The molecule has 0 aromatic heterocycles. The lowest BCUT2D eigenvalue weighted by atomic mass is 9.88. The average Bonchev–Trinajstić information content (AvgIpc) is 2.92. The van der Waals surface area contributed by atoms with E-state index >= 15 is 0 Å². The molecule has 24 heavy (non-hydrogen) atoms. The van der Waals surface area contributed by atoms with Crippen LogP contribution in [0.15, 0.2) is 48.5 Å². The molecule has 0 radical (unpaired) electrons. The first-order chi connectivity index (χ1) is 11.5. The van der Waals surface area contributed by atoms with Crippen LogP contribution in [-0.4, -0.2) is 29.8 Å². The highest BCUT2D eigenvalue weighted by Gasteiger charge is 2.39. The van der Waals surface area contributed by atoms with E-state index in [1.807, 2.05) is 24.3 Å². The zero-order chi connectivity index (χ0) is 17.3. The van der Waals surface area contributed by atoms with Crippen molar-refractivity contribution in [2.75, 3.05) is 13.2 Å². The molecule has 0 bridgehead atoms. The predicted octanol–water partition coefficient (Wildman–Crippen LogP) is 2.69. The van der Waals surface area contributed by atoms with Crippen LogP contribution in [0.1, 0.15) is 30.9 Å². The maximum absolute atomic E-state index is 12.4. The number of rotatable bonds is 5. The summed E-state index contributed by atoms with van der Waals surface area (Å²) < 4.78 is 5.53. The second-order valence-electron chi connectivity index (χ2n) is 6.68. The third kappa shape index (κ3) is 2.62. The van der Waals surface area contributed by atoms with Gasteiger partial charge >= 0.3 is 5.97 Å². The average molecular weight is 325 g/mol. The third-order valence-corrected chi connectivity index (χ3v) is 5.02. The standard InChI is InChI=1S/C20H23NO3/c1-13(2)20(21,12-22)19(23)24-11-18-16-9-5-3-7-14(16)15-8-4-6-10-17(15)18/h3-10,13,18,22H,11-12,21H2,1-2H3. The van der Waals surface area contributed by atoms with Crippen LogP contribution in [0, 0.1) is 5.92 Å². The topological polar surface area (TPSA) is 72.5 Å². The number of hydrogen-bond acceptors (Lipinski definition) is 4. The molecule has 4 heteroatoms. The van der Waals surface area contributed by atoms with Crippen LogP contribution in [0.3, 0.4) is 0 Å². The maximum Gasteiger partial charge on any atom is 0.328 e. The fourth-order valence-electron chi connectivity index (χ4n) is 3.22. The van der Waals surface area contributed by atoms with E-state index in [0.29, 0.717) is 0 Å². The van der Waals surface area contributed by atoms with Gasteiger partial charge in [0.25, 0.3) is 0 Å². The van der Waals surface area contributed by atoms with E-state index in [2.05, 4.69) is 24.3 Å². The third-order valence-electron chi connectivity index (χ3n) is 5.02. The Kier molecular flexibility index (Phi) is 4.43.